The van der Waals surface area contributed by atoms with Crippen LogP contribution in [0.2, 0.25) is 0 Å². The summed E-state index contributed by atoms with van der Waals surface area (Å²) >= 11 is 0. The molecule has 2 aromatic rings. The van der Waals surface area contributed by atoms with Crippen LogP contribution in [0.5, 0.6) is 0 Å². The van der Waals surface area contributed by atoms with Crippen molar-refractivity contribution in [1.29, 1.82) is 0 Å². The lowest BCUT2D eigenvalue weighted by molar-refractivity contribution is -0.349. The van der Waals surface area contributed by atoms with E-state index in [0.29, 0.717) is 5.56 Å². The van der Waals surface area contributed by atoms with Crippen LogP contribution in [-0.4, -0.2) is 98.5 Å². The summed E-state index contributed by atoms with van der Waals surface area (Å²) in [7, 11) is 0. The average Bonchev–Trinajstić information content (AvgIpc) is 3.14. The van der Waals surface area contributed by atoms with Gasteiger partial charge in [-0.25, -0.2) is 9.59 Å². The number of aliphatic hydroxyl groups excluding tert-OH is 2. The van der Waals surface area contributed by atoms with Crippen LogP contribution in [0.3, 0.4) is 0 Å². The minimum atomic E-state index is -2.23. The molecule has 0 aromatic heterocycles. The highest BCUT2D eigenvalue weighted by Gasteiger charge is 2.79. The van der Waals surface area contributed by atoms with E-state index in [-0.39, 0.29) is 25.0 Å². The van der Waals surface area contributed by atoms with Gasteiger partial charge in [-0.2, -0.15) is 0 Å². The minimum Gasteiger partial charge on any atom is -0.455 e. The summed E-state index contributed by atoms with van der Waals surface area (Å²) in [6.07, 6.45) is -7.83. The molecule has 14 nitrogen and oxygen atoms in total. The Kier molecular flexibility index (Phi) is 11.3. The molecule has 0 radical (unpaired) electrons. The molecule has 1 amide bonds. The Balaban J connectivity index is 1.46. The summed E-state index contributed by atoms with van der Waals surface area (Å²) in [5.41, 5.74) is -7.88. The van der Waals surface area contributed by atoms with Gasteiger partial charge in [0.05, 0.1) is 35.6 Å². The van der Waals surface area contributed by atoms with Crippen molar-refractivity contribution in [3.8, 4) is 0 Å². The number of nitrogens with one attached hydrogen (secondary N) is 1. The number of carbonyl (C=O) groups excluding carboxylic acids is 6. The Bertz CT molecular complexity index is 1940. The van der Waals surface area contributed by atoms with Crippen LogP contribution in [0.4, 0.5) is 4.79 Å². The van der Waals surface area contributed by atoms with E-state index in [0.717, 1.165) is 6.92 Å². The number of ketones is 3. The van der Waals surface area contributed by atoms with E-state index in [2.05, 4.69) is 5.32 Å². The number of rotatable bonds is 9. The second-order valence-electron chi connectivity index (χ2n) is 18.3. The number of hydrogen-bond acceptors (Lipinski definition) is 13. The summed E-state index contributed by atoms with van der Waals surface area (Å²) < 4.78 is 23.6. The molecule has 3 saturated carbocycles. The van der Waals surface area contributed by atoms with Crippen molar-refractivity contribution in [3.05, 3.63) is 71.8 Å². The Labute approximate surface area is 337 Å². The molecule has 1 aliphatic heterocycles. The van der Waals surface area contributed by atoms with Gasteiger partial charge in [0.2, 0.25) is 11.6 Å². The molecule has 14 heteroatoms. The van der Waals surface area contributed by atoms with Crippen LogP contribution < -0.4 is 5.32 Å². The summed E-state index contributed by atoms with van der Waals surface area (Å²) in [5.74, 6) is -8.74. The molecule has 314 valence electrons. The molecule has 1 saturated heterocycles. The highest BCUT2D eigenvalue weighted by Crippen LogP contribution is 2.65. The minimum absolute atomic E-state index is 0.106. The zero-order valence-electron chi connectivity index (χ0n) is 34.2. The third-order valence-electron chi connectivity index (χ3n) is 13.4. The number of fused-ring (bicyclic) bond motifs is 5. The van der Waals surface area contributed by atoms with Gasteiger partial charge in [0.1, 0.15) is 29.5 Å². The van der Waals surface area contributed by atoms with E-state index in [1.165, 1.54) is 19.1 Å². The molecule has 12 atom stereocenters. The summed E-state index contributed by atoms with van der Waals surface area (Å²) in [4.78, 5) is 84.0. The van der Waals surface area contributed by atoms with Gasteiger partial charge in [0.25, 0.3) is 0 Å². The fraction of sp³-hybridized carbons (Fsp3) is 0.591. The maximum atomic E-state index is 14.9. The standard InChI is InChI=1S/C44H55NO13/c1-23-27(19-28(47)33(49)32(25-15-11-9-12-16-25)45-39(53)58-40(3,4)5)21-44(54)37(56-38(52)26-17-13-10-14-18-26)35-42(8,36(51)34(50)31(23)41(44,6)7)29(48)20-30-43(35,22-55-30)57-24(2)46/h9-18,23,27,29-33,35,37,48-49,54H,19-22H2,1-8H3,(H,45,53)/t23?,27-,29-,30+,31?,32-,33-,35-,37-,42+,43-,44+/m0/s1. The normalized spacial score (nSPS) is 35.0. The van der Waals surface area contributed by atoms with E-state index >= 15 is 0 Å². The van der Waals surface area contributed by atoms with Crippen molar-refractivity contribution < 1.29 is 63.0 Å². The van der Waals surface area contributed by atoms with Gasteiger partial charge in [0, 0.05) is 31.1 Å². The molecule has 58 heavy (non-hydrogen) atoms. The van der Waals surface area contributed by atoms with Crippen molar-refractivity contribution in [2.75, 3.05) is 6.61 Å². The van der Waals surface area contributed by atoms with Gasteiger partial charge in [-0.1, -0.05) is 69.3 Å². The lowest BCUT2D eigenvalue weighted by Gasteiger charge is -2.68. The number of esters is 2. The number of alkyl carbamates (subject to hydrolysis) is 1. The molecule has 4 aliphatic rings. The van der Waals surface area contributed by atoms with Crippen LogP contribution in [0.15, 0.2) is 60.7 Å². The number of carbonyl (C=O) groups is 6. The summed E-state index contributed by atoms with van der Waals surface area (Å²) in [5, 5.41) is 39.7. The van der Waals surface area contributed by atoms with Crippen LogP contribution in [0, 0.1) is 34.5 Å². The van der Waals surface area contributed by atoms with Gasteiger partial charge in [-0.05, 0) is 63.6 Å². The van der Waals surface area contributed by atoms with Gasteiger partial charge in [0.15, 0.2) is 11.4 Å². The van der Waals surface area contributed by atoms with Crippen molar-refractivity contribution in [1.82, 2.24) is 5.32 Å². The van der Waals surface area contributed by atoms with Crippen LogP contribution >= 0.6 is 0 Å². The molecule has 2 unspecified atom stereocenters. The predicted molar refractivity (Wildman–Crippen MR) is 206 cm³/mol. The summed E-state index contributed by atoms with van der Waals surface area (Å²) in [6, 6.07) is 15.0. The molecular weight excluding hydrogens is 750 g/mol. The number of amides is 1. The number of benzene rings is 2. The number of aliphatic hydroxyl groups is 3. The zero-order valence-corrected chi connectivity index (χ0v) is 34.2. The molecule has 0 spiro atoms. The summed E-state index contributed by atoms with van der Waals surface area (Å²) in [6.45, 7) is 12.2. The second kappa shape index (κ2) is 15.3. The Morgan fingerprint density at radius 2 is 1.59 bits per heavy atom. The number of Topliss-reactive ketones (excluding diaryl/α,β-unsaturated/α-hetero) is 3. The zero-order chi connectivity index (χ0) is 42.7. The van der Waals surface area contributed by atoms with Gasteiger partial charge in [-0.3, -0.25) is 19.2 Å². The molecule has 4 N–H and O–H groups in total. The van der Waals surface area contributed by atoms with E-state index in [1.54, 1.807) is 90.1 Å². The molecule has 2 aromatic carbocycles. The fourth-order valence-corrected chi connectivity index (χ4v) is 10.3. The first-order valence-electron chi connectivity index (χ1n) is 19.8. The Morgan fingerprint density at radius 1 is 0.983 bits per heavy atom. The van der Waals surface area contributed by atoms with E-state index in [9.17, 15) is 44.1 Å². The quantitative estimate of drug-likeness (QED) is 0.160. The smallest absolute Gasteiger partial charge is 0.408 e. The van der Waals surface area contributed by atoms with Crippen molar-refractivity contribution in [2.45, 2.75) is 122 Å². The largest absolute Gasteiger partial charge is 0.455 e. The van der Waals surface area contributed by atoms with Crippen LogP contribution in [0.25, 0.3) is 0 Å². The first kappa shape index (κ1) is 43.1. The molecule has 4 fully saturated rings. The Hall–Kier alpha value is -4.50. The third kappa shape index (κ3) is 7.15. The highest BCUT2D eigenvalue weighted by atomic mass is 16.6. The monoisotopic (exact) mass is 805 g/mol. The first-order chi connectivity index (χ1) is 27.0. The SMILES string of the molecule is CC(=O)O[C@@]12CO[C@@H]1C[C@H](O)[C@@]1(C)C(=O)C(=O)C3C(C)[C@@H](CC(=O)[C@H](O)[C@@H](NC(=O)OC(C)(C)C)c4ccccc4)C[C@@](O)([C@@H](OC(=O)c4ccccc4)[C@H]21)C3(C)C. The van der Waals surface area contributed by atoms with Gasteiger partial charge < -0.3 is 39.6 Å². The lowest BCUT2D eigenvalue weighted by Crippen LogP contribution is -2.82. The van der Waals surface area contributed by atoms with E-state index in [1.807, 2.05) is 0 Å². The third-order valence-corrected chi connectivity index (χ3v) is 13.4. The molecule has 1 heterocycles. The maximum absolute atomic E-state index is 14.9. The van der Waals surface area contributed by atoms with Crippen LogP contribution in [0.1, 0.15) is 96.6 Å². The molecule has 6 rings (SSSR count). The molecular formula is C44H55NO13. The average molecular weight is 806 g/mol. The Morgan fingerprint density at radius 3 is 2.14 bits per heavy atom. The van der Waals surface area contributed by atoms with Crippen molar-refractivity contribution in [3.63, 3.8) is 0 Å². The highest BCUT2D eigenvalue weighted by molar-refractivity contribution is 6.40. The number of ether oxygens (including phenoxy) is 4. The van der Waals surface area contributed by atoms with E-state index < -0.39 is 124 Å². The number of hydrogen-bond donors (Lipinski definition) is 4. The van der Waals surface area contributed by atoms with Gasteiger partial charge in [-0.15, -0.1) is 0 Å². The predicted octanol–water partition coefficient (Wildman–Crippen LogP) is 4.07. The maximum Gasteiger partial charge on any atom is 0.408 e. The van der Waals surface area contributed by atoms with Crippen LogP contribution in [-0.2, 0) is 38.1 Å². The second-order valence-corrected chi connectivity index (χ2v) is 18.3. The molecule has 3 aliphatic carbocycles. The van der Waals surface area contributed by atoms with Gasteiger partial charge >= 0.3 is 18.0 Å². The van der Waals surface area contributed by atoms with E-state index in [4.69, 9.17) is 18.9 Å². The topological polar surface area (TPSA) is 212 Å². The first-order valence-corrected chi connectivity index (χ1v) is 19.8. The lowest BCUT2D eigenvalue weighted by atomic mass is 9.41. The van der Waals surface area contributed by atoms with Crippen molar-refractivity contribution >= 4 is 35.4 Å². The van der Waals surface area contributed by atoms with Crippen molar-refractivity contribution in [2.24, 2.45) is 34.5 Å². The molecule has 2 bridgehead atoms. The fourth-order valence-electron chi connectivity index (χ4n) is 10.3.